The lowest BCUT2D eigenvalue weighted by Crippen LogP contribution is -2.15. The molecule has 0 amide bonds. The number of hydrogen-bond acceptors (Lipinski definition) is 4. The van der Waals surface area contributed by atoms with Crippen molar-refractivity contribution in [1.82, 2.24) is 14.8 Å². The zero-order valence-corrected chi connectivity index (χ0v) is 11.5. The molecule has 0 aliphatic rings. The third-order valence-electron chi connectivity index (χ3n) is 3.27. The lowest BCUT2D eigenvalue weighted by Gasteiger charge is -1.99. The van der Waals surface area contributed by atoms with Crippen molar-refractivity contribution in [1.29, 1.82) is 0 Å². The van der Waals surface area contributed by atoms with Crippen molar-refractivity contribution in [2.24, 2.45) is 0 Å². The summed E-state index contributed by atoms with van der Waals surface area (Å²) >= 11 is 0. The van der Waals surface area contributed by atoms with E-state index < -0.39 is 4.92 Å². The molecule has 1 aromatic carbocycles. The van der Waals surface area contributed by atoms with Gasteiger partial charge < -0.3 is 4.98 Å². The van der Waals surface area contributed by atoms with E-state index >= 15 is 0 Å². The Labute approximate surface area is 119 Å². The van der Waals surface area contributed by atoms with Gasteiger partial charge in [-0.2, -0.15) is 9.78 Å². The first-order chi connectivity index (χ1) is 9.97. The number of carbonyl (C=O) groups excluding carboxylic acids is 1. The van der Waals surface area contributed by atoms with Gasteiger partial charge in [0, 0.05) is 11.8 Å². The molecule has 0 aliphatic heterocycles. The summed E-state index contributed by atoms with van der Waals surface area (Å²) in [6, 6.07) is 7.97. The van der Waals surface area contributed by atoms with Crippen molar-refractivity contribution in [3.8, 4) is 0 Å². The zero-order valence-electron chi connectivity index (χ0n) is 11.5. The maximum atomic E-state index is 12.4. The minimum Gasteiger partial charge on any atom is -0.350 e. The number of fused-ring (bicyclic) bond motifs is 1. The number of nitro benzene ring substituents is 1. The SMILES string of the molecule is Cc1cc(C)n(C(=O)c2cc3c([N+](=O)[O-])cccc3[nH]2)n1. The van der Waals surface area contributed by atoms with Gasteiger partial charge in [0.25, 0.3) is 11.6 Å². The van der Waals surface area contributed by atoms with Gasteiger partial charge in [0.05, 0.1) is 21.5 Å². The smallest absolute Gasteiger partial charge is 0.294 e. The molecule has 0 spiro atoms. The van der Waals surface area contributed by atoms with Gasteiger partial charge in [0.1, 0.15) is 5.69 Å². The average molecular weight is 284 g/mol. The van der Waals surface area contributed by atoms with Crippen LogP contribution in [0.1, 0.15) is 21.9 Å². The van der Waals surface area contributed by atoms with Crippen molar-refractivity contribution in [3.05, 3.63) is 57.5 Å². The van der Waals surface area contributed by atoms with Crippen LogP contribution in [0.15, 0.2) is 30.3 Å². The second-order valence-corrected chi connectivity index (χ2v) is 4.82. The minimum atomic E-state index is -0.465. The number of benzene rings is 1. The number of nitrogens with one attached hydrogen (secondary N) is 1. The summed E-state index contributed by atoms with van der Waals surface area (Å²) in [6.07, 6.45) is 0. The van der Waals surface area contributed by atoms with Crippen LogP contribution >= 0.6 is 0 Å². The van der Waals surface area contributed by atoms with Crippen LogP contribution in [0.2, 0.25) is 0 Å². The third-order valence-corrected chi connectivity index (χ3v) is 3.27. The summed E-state index contributed by atoms with van der Waals surface area (Å²) in [4.78, 5) is 25.9. The Morgan fingerprint density at radius 3 is 2.71 bits per heavy atom. The number of hydrogen-bond donors (Lipinski definition) is 1. The predicted octanol–water partition coefficient (Wildman–Crippen LogP) is 2.58. The van der Waals surface area contributed by atoms with E-state index in [9.17, 15) is 14.9 Å². The first-order valence-electron chi connectivity index (χ1n) is 6.31. The van der Waals surface area contributed by atoms with E-state index in [1.54, 1.807) is 32.0 Å². The van der Waals surface area contributed by atoms with E-state index in [0.717, 1.165) is 5.69 Å². The molecule has 106 valence electrons. The van der Waals surface area contributed by atoms with Gasteiger partial charge in [-0.05, 0) is 32.0 Å². The molecule has 0 fully saturated rings. The molecule has 2 heterocycles. The molecule has 1 N–H and O–H groups in total. The molecule has 0 saturated heterocycles. The molecule has 0 bridgehead atoms. The molecular formula is C14H12N4O3. The molecule has 0 aliphatic carbocycles. The van der Waals surface area contributed by atoms with Gasteiger partial charge in [0.2, 0.25) is 0 Å². The number of nitro groups is 1. The molecule has 0 unspecified atom stereocenters. The molecule has 7 heteroatoms. The number of aryl methyl sites for hydroxylation is 2. The highest BCUT2D eigenvalue weighted by Crippen LogP contribution is 2.26. The van der Waals surface area contributed by atoms with Crippen LogP contribution in [0.3, 0.4) is 0 Å². The Kier molecular flexibility index (Phi) is 2.83. The second-order valence-electron chi connectivity index (χ2n) is 4.82. The van der Waals surface area contributed by atoms with Gasteiger partial charge >= 0.3 is 0 Å². The van der Waals surface area contributed by atoms with E-state index in [4.69, 9.17) is 0 Å². The Bertz CT molecular complexity index is 876. The van der Waals surface area contributed by atoms with Crippen LogP contribution in [0, 0.1) is 24.0 Å². The summed E-state index contributed by atoms with van der Waals surface area (Å²) in [5.74, 6) is -0.342. The Morgan fingerprint density at radius 1 is 1.33 bits per heavy atom. The lowest BCUT2D eigenvalue weighted by molar-refractivity contribution is -0.383. The Hall–Kier alpha value is -2.96. The first kappa shape index (κ1) is 13.0. The number of carbonyl (C=O) groups is 1. The summed E-state index contributed by atoms with van der Waals surface area (Å²) in [5, 5.41) is 15.5. The van der Waals surface area contributed by atoms with Crippen LogP contribution in [-0.4, -0.2) is 25.6 Å². The van der Waals surface area contributed by atoms with E-state index in [0.29, 0.717) is 16.6 Å². The normalized spacial score (nSPS) is 11.0. The predicted molar refractivity (Wildman–Crippen MR) is 76.4 cm³/mol. The summed E-state index contributed by atoms with van der Waals surface area (Å²) in [5.41, 5.74) is 2.24. The van der Waals surface area contributed by atoms with E-state index in [1.807, 2.05) is 0 Å². The third kappa shape index (κ3) is 2.08. The number of aromatic nitrogens is 3. The molecule has 0 atom stereocenters. The largest absolute Gasteiger partial charge is 0.350 e. The zero-order chi connectivity index (χ0) is 15.1. The number of nitrogens with zero attached hydrogens (tertiary/aromatic N) is 3. The Morgan fingerprint density at radius 2 is 2.10 bits per heavy atom. The molecule has 3 aromatic rings. The van der Waals surface area contributed by atoms with Crippen LogP contribution in [0.4, 0.5) is 5.69 Å². The van der Waals surface area contributed by atoms with E-state index in [1.165, 1.54) is 16.8 Å². The highest BCUT2D eigenvalue weighted by atomic mass is 16.6. The summed E-state index contributed by atoms with van der Waals surface area (Å²) < 4.78 is 1.28. The number of aromatic amines is 1. The van der Waals surface area contributed by atoms with Crippen molar-refractivity contribution >= 4 is 22.5 Å². The lowest BCUT2D eigenvalue weighted by atomic mass is 10.2. The molecule has 3 rings (SSSR count). The van der Waals surface area contributed by atoms with E-state index in [2.05, 4.69) is 10.1 Å². The fourth-order valence-electron chi connectivity index (χ4n) is 2.36. The second kappa shape index (κ2) is 4.55. The van der Waals surface area contributed by atoms with Crippen LogP contribution in [0.5, 0.6) is 0 Å². The molecule has 21 heavy (non-hydrogen) atoms. The van der Waals surface area contributed by atoms with Crippen molar-refractivity contribution in [3.63, 3.8) is 0 Å². The van der Waals surface area contributed by atoms with Gasteiger partial charge in [-0.15, -0.1) is 0 Å². The monoisotopic (exact) mass is 284 g/mol. The minimum absolute atomic E-state index is 0.0313. The van der Waals surface area contributed by atoms with Crippen LogP contribution in [-0.2, 0) is 0 Å². The number of rotatable bonds is 2. The maximum absolute atomic E-state index is 12.4. The van der Waals surface area contributed by atoms with Gasteiger partial charge in [-0.3, -0.25) is 14.9 Å². The topological polar surface area (TPSA) is 93.8 Å². The summed E-state index contributed by atoms with van der Waals surface area (Å²) in [7, 11) is 0. The molecular weight excluding hydrogens is 272 g/mol. The highest BCUT2D eigenvalue weighted by molar-refractivity contribution is 6.01. The standard InChI is InChI=1S/C14H12N4O3/c1-8-6-9(2)17(16-8)14(19)12-7-10-11(15-12)4-3-5-13(10)18(20)21/h3-7,15H,1-2H3. The highest BCUT2D eigenvalue weighted by Gasteiger charge is 2.19. The molecule has 0 radical (unpaired) electrons. The number of H-pyrrole nitrogens is 1. The van der Waals surface area contributed by atoms with Crippen molar-refractivity contribution in [2.45, 2.75) is 13.8 Å². The molecule has 0 saturated carbocycles. The molecule has 7 nitrogen and oxygen atoms in total. The van der Waals surface area contributed by atoms with E-state index in [-0.39, 0.29) is 17.3 Å². The quantitative estimate of drug-likeness (QED) is 0.578. The summed E-state index contributed by atoms with van der Waals surface area (Å²) in [6.45, 7) is 3.58. The maximum Gasteiger partial charge on any atom is 0.294 e. The van der Waals surface area contributed by atoms with Gasteiger partial charge in [0.15, 0.2) is 0 Å². The Balaban J connectivity index is 2.13. The number of non-ortho nitro benzene ring substituents is 1. The van der Waals surface area contributed by atoms with Crippen LogP contribution < -0.4 is 0 Å². The van der Waals surface area contributed by atoms with Crippen molar-refractivity contribution in [2.75, 3.05) is 0 Å². The van der Waals surface area contributed by atoms with Gasteiger partial charge in [-0.25, -0.2) is 0 Å². The van der Waals surface area contributed by atoms with Crippen molar-refractivity contribution < 1.29 is 9.72 Å². The fraction of sp³-hybridized carbons (Fsp3) is 0.143. The fourth-order valence-corrected chi connectivity index (χ4v) is 2.36. The molecule has 2 aromatic heterocycles. The van der Waals surface area contributed by atoms with Gasteiger partial charge in [-0.1, -0.05) is 6.07 Å². The first-order valence-corrected chi connectivity index (χ1v) is 6.31. The van der Waals surface area contributed by atoms with Crippen LogP contribution in [0.25, 0.3) is 10.9 Å². The average Bonchev–Trinajstić information content (AvgIpc) is 3.00.